The molecule has 82 valence electrons. The van der Waals surface area contributed by atoms with Crippen molar-refractivity contribution in [2.24, 2.45) is 5.73 Å². The Labute approximate surface area is 85.4 Å². The SMILES string of the molecule is N=C(N)CCc1ccc(C(F)(F)F)cc1. The van der Waals surface area contributed by atoms with Gasteiger partial charge >= 0.3 is 6.18 Å². The zero-order valence-corrected chi connectivity index (χ0v) is 7.93. The van der Waals surface area contributed by atoms with Gasteiger partial charge in [0.15, 0.2) is 0 Å². The summed E-state index contributed by atoms with van der Waals surface area (Å²) in [6.07, 6.45) is -3.43. The molecule has 0 aromatic heterocycles. The van der Waals surface area contributed by atoms with E-state index in [4.69, 9.17) is 11.1 Å². The Balaban J connectivity index is 2.69. The Morgan fingerprint density at radius 1 is 1.20 bits per heavy atom. The standard InChI is InChI=1S/C10H11F3N2/c11-10(12,13)8-4-1-7(2-5-8)3-6-9(14)15/h1-2,4-5H,3,6H2,(H3,14,15). The molecule has 0 aliphatic carbocycles. The van der Waals surface area contributed by atoms with E-state index in [1.165, 1.54) is 12.1 Å². The van der Waals surface area contributed by atoms with Gasteiger partial charge in [0.1, 0.15) is 0 Å². The average Bonchev–Trinajstić information content (AvgIpc) is 2.14. The molecular weight excluding hydrogens is 205 g/mol. The van der Waals surface area contributed by atoms with Crippen LogP contribution in [0.15, 0.2) is 24.3 Å². The minimum absolute atomic E-state index is 0.0369. The van der Waals surface area contributed by atoms with E-state index in [-0.39, 0.29) is 5.84 Å². The van der Waals surface area contributed by atoms with Gasteiger partial charge in [0, 0.05) is 6.42 Å². The van der Waals surface area contributed by atoms with Crippen LogP contribution in [0.4, 0.5) is 13.2 Å². The number of hydrogen-bond donors (Lipinski definition) is 2. The number of halogens is 3. The predicted octanol–water partition coefficient (Wildman–Crippen LogP) is 2.57. The molecule has 1 aromatic rings. The first-order valence-electron chi connectivity index (χ1n) is 4.38. The van der Waals surface area contributed by atoms with Crippen LogP contribution < -0.4 is 5.73 Å². The van der Waals surface area contributed by atoms with Crippen LogP contribution in [0.5, 0.6) is 0 Å². The summed E-state index contributed by atoms with van der Waals surface area (Å²) in [4.78, 5) is 0. The summed E-state index contributed by atoms with van der Waals surface area (Å²) in [5.41, 5.74) is 5.23. The van der Waals surface area contributed by atoms with Gasteiger partial charge in [0.25, 0.3) is 0 Å². The number of nitrogens with one attached hydrogen (secondary N) is 1. The first kappa shape index (κ1) is 11.6. The fourth-order valence-corrected chi connectivity index (χ4v) is 1.14. The van der Waals surface area contributed by atoms with Crippen LogP contribution in [-0.4, -0.2) is 5.84 Å². The van der Waals surface area contributed by atoms with E-state index in [9.17, 15) is 13.2 Å². The van der Waals surface area contributed by atoms with Gasteiger partial charge in [-0.25, -0.2) is 0 Å². The van der Waals surface area contributed by atoms with Crippen molar-refractivity contribution < 1.29 is 13.2 Å². The lowest BCUT2D eigenvalue weighted by molar-refractivity contribution is -0.137. The van der Waals surface area contributed by atoms with E-state index in [0.29, 0.717) is 12.8 Å². The van der Waals surface area contributed by atoms with Crippen LogP contribution in [0.3, 0.4) is 0 Å². The molecule has 0 atom stereocenters. The van der Waals surface area contributed by atoms with E-state index in [2.05, 4.69) is 0 Å². The number of nitrogens with two attached hydrogens (primary N) is 1. The maximum Gasteiger partial charge on any atom is 0.416 e. The van der Waals surface area contributed by atoms with Crippen LogP contribution >= 0.6 is 0 Å². The fourth-order valence-electron chi connectivity index (χ4n) is 1.14. The van der Waals surface area contributed by atoms with Gasteiger partial charge in [-0.15, -0.1) is 0 Å². The molecule has 0 unspecified atom stereocenters. The molecule has 1 aromatic carbocycles. The molecule has 0 aliphatic rings. The van der Waals surface area contributed by atoms with Crippen molar-refractivity contribution in [3.63, 3.8) is 0 Å². The quantitative estimate of drug-likeness (QED) is 0.592. The summed E-state index contributed by atoms with van der Waals surface area (Å²) in [5.74, 6) is 0.0369. The molecule has 0 fully saturated rings. The molecular formula is C10H11F3N2. The minimum Gasteiger partial charge on any atom is -0.388 e. The summed E-state index contributed by atoms with van der Waals surface area (Å²) in [6.45, 7) is 0. The smallest absolute Gasteiger partial charge is 0.388 e. The first-order valence-corrected chi connectivity index (χ1v) is 4.38. The predicted molar refractivity (Wildman–Crippen MR) is 51.7 cm³/mol. The van der Waals surface area contributed by atoms with Gasteiger partial charge in [-0.1, -0.05) is 12.1 Å². The molecule has 5 heteroatoms. The molecule has 3 N–H and O–H groups in total. The molecule has 15 heavy (non-hydrogen) atoms. The van der Waals surface area contributed by atoms with Gasteiger partial charge in [0.05, 0.1) is 11.4 Å². The lowest BCUT2D eigenvalue weighted by atomic mass is 10.1. The zero-order valence-electron chi connectivity index (χ0n) is 7.93. The Hall–Kier alpha value is -1.52. The second kappa shape index (κ2) is 4.33. The van der Waals surface area contributed by atoms with Gasteiger partial charge in [0.2, 0.25) is 0 Å². The summed E-state index contributed by atoms with van der Waals surface area (Å²) < 4.78 is 36.5. The molecule has 0 amide bonds. The van der Waals surface area contributed by atoms with E-state index < -0.39 is 11.7 Å². The third kappa shape index (κ3) is 3.61. The summed E-state index contributed by atoms with van der Waals surface area (Å²) in [6, 6.07) is 4.89. The minimum atomic E-state index is -4.29. The lowest BCUT2D eigenvalue weighted by Gasteiger charge is -2.07. The van der Waals surface area contributed by atoms with E-state index in [0.717, 1.165) is 17.7 Å². The third-order valence-corrected chi connectivity index (χ3v) is 1.96. The van der Waals surface area contributed by atoms with Crippen molar-refractivity contribution in [1.29, 1.82) is 5.41 Å². The molecule has 0 saturated carbocycles. The van der Waals surface area contributed by atoms with Crippen molar-refractivity contribution in [2.45, 2.75) is 19.0 Å². The fraction of sp³-hybridized carbons (Fsp3) is 0.300. The maximum absolute atomic E-state index is 12.2. The molecule has 0 heterocycles. The average molecular weight is 216 g/mol. The number of rotatable bonds is 3. The van der Waals surface area contributed by atoms with Crippen molar-refractivity contribution in [3.8, 4) is 0 Å². The Morgan fingerprint density at radius 2 is 1.73 bits per heavy atom. The number of alkyl halides is 3. The molecule has 0 spiro atoms. The lowest BCUT2D eigenvalue weighted by Crippen LogP contribution is -2.10. The van der Waals surface area contributed by atoms with Crippen molar-refractivity contribution in [3.05, 3.63) is 35.4 Å². The second-order valence-electron chi connectivity index (χ2n) is 3.22. The molecule has 2 nitrogen and oxygen atoms in total. The van der Waals surface area contributed by atoms with Crippen molar-refractivity contribution in [2.75, 3.05) is 0 Å². The number of aryl methyl sites for hydroxylation is 1. The normalized spacial score (nSPS) is 11.4. The second-order valence-corrected chi connectivity index (χ2v) is 3.22. The molecule has 0 saturated heterocycles. The summed E-state index contributed by atoms with van der Waals surface area (Å²) >= 11 is 0. The van der Waals surface area contributed by atoms with Crippen LogP contribution in [0.1, 0.15) is 17.5 Å². The van der Waals surface area contributed by atoms with Crippen LogP contribution in [0.2, 0.25) is 0 Å². The highest BCUT2D eigenvalue weighted by molar-refractivity contribution is 5.77. The van der Waals surface area contributed by atoms with E-state index >= 15 is 0 Å². The maximum atomic E-state index is 12.2. The Bertz CT molecular complexity index is 341. The topological polar surface area (TPSA) is 49.9 Å². The van der Waals surface area contributed by atoms with Crippen LogP contribution in [-0.2, 0) is 12.6 Å². The van der Waals surface area contributed by atoms with E-state index in [1.54, 1.807) is 0 Å². The first-order chi connectivity index (χ1) is 6.89. The Morgan fingerprint density at radius 3 is 2.13 bits per heavy atom. The van der Waals surface area contributed by atoms with Crippen molar-refractivity contribution >= 4 is 5.84 Å². The summed E-state index contributed by atoms with van der Waals surface area (Å²) in [5, 5.41) is 6.98. The van der Waals surface area contributed by atoms with Gasteiger partial charge < -0.3 is 5.73 Å². The van der Waals surface area contributed by atoms with Crippen LogP contribution in [0, 0.1) is 5.41 Å². The summed E-state index contributed by atoms with van der Waals surface area (Å²) in [7, 11) is 0. The van der Waals surface area contributed by atoms with Gasteiger partial charge in [-0.05, 0) is 24.1 Å². The molecule has 0 radical (unpaired) electrons. The van der Waals surface area contributed by atoms with E-state index in [1.807, 2.05) is 0 Å². The zero-order chi connectivity index (χ0) is 11.5. The van der Waals surface area contributed by atoms with Crippen LogP contribution in [0.25, 0.3) is 0 Å². The molecule has 0 aliphatic heterocycles. The van der Waals surface area contributed by atoms with Gasteiger partial charge in [-0.2, -0.15) is 13.2 Å². The number of benzene rings is 1. The molecule has 0 bridgehead atoms. The number of hydrogen-bond acceptors (Lipinski definition) is 1. The highest BCUT2D eigenvalue weighted by Gasteiger charge is 2.29. The monoisotopic (exact) mass is 216 g/mol. The van der Waals surface area contributed by atoms with Crippen molar-refractivity contribution in [1.82, 2.24) is 0 Å². The highest BCUT2D eigenvalue weighted by atomic mass is 19.4. The Kier molecular flexibility index (Phi) is 3.34. The number of amidine groups is 1. The highest BCUT2D eigenvalue weighted by Crippen LogP contribution is 2.29. The molecule has 1 rings (SSSR count). The third-order valence-electron chi connectivity index (χ3n) is 1.96. The largest absolute Gasteiger partial charge is 0.416 e. The van der Waals surface area contributed by atoms with Gasteiger partial charge in [-0.3, -0.25) is 5.41 Å².